The molecule has 0 spiro atoms. The lowest BCUT2D eigenvalue weighted by atomic mass is 9.92. The molecule has 0 aliphatic carbocycles. The summed E-state index contributed by atoms with van der Waals surface area (Å²) in [5.41, 5.74) is 3.14. The first-order valence-electron chi connectivity index (χ1n) is 8.10. The molecule has 1 amide bonds. The summed E-state index contributed by atoms with van der Waals surface area (Å²) >= 11 is 0. The van der Waals surface area contributed by atoms with E-state index in [-0.39, 0.29) is 11.8 Å². The Morgan fingerprint density at radius 3 is 2.17 bits per heavy atom. The first-order chi connectivity index (χ1) is 11.8. The Morgan fingerprint density at radius 2 is 1.50 bits per heavy atom. The molecule has 0 saturated carbocycles. The third-order valence-electron chi connectivity index (χ3n) is 4.05. The van der Waals surface area contributed by atoms with Gasteiger partial charge in [-0.15, -0.1) is 0 Å². The normalized spacial score (nSPS) is 11.7. The number of hydrogen-bond acceptors (Lipinski definition) is 2. The summed E-state index contributed by atoms with van der Waals surface area (Å²) in [5.74, 6) is 0.172. The van der Waals surface area contributed by atoms with Crippen molar-refractivity contribution in [2.75, 3.05) is 6.54 Å². The average molecular weight is 316 g/mol. The Morgan fingerprint density at radius 1 is 0.875 bits per heavy atom. The summed E-state index contributed by atoms with van der Waals surface area (Å²) in [6.45, 7) is 0.597. The second kappa shape index (κ2) is 8.06. The molecule has 24 heavy (non-hydrogen) atoms. The van der Waals surface area contributed by atoms with Gasteiger partial charge in [-0.1, -0.05) is 60.7 Å². The molecule has 1 unspecified atom stereocenters. The standard InChI is InChI=1S/C21H20N2O/c24-21(19-11-13-22-14-12-19)23-16-20(18-9-5-2-6-10-18)15-17-7-3-1-4-8-17/h1-14,20H,15-16H2,(H,23,24). The molecule has 1 heterocycles. The van der Waals surface area contributed by atoms with Gasteiger partial charge in [-0.2, -0.15) is 0 Å². The fourth-order valence-electron chi connectivity index (χ4n) is 2.75. The molecule has 0 radical (unpaired) electrons. The summed E-state index contributed by atoms with van der Waals surface area (Å²) in [5, 5.41) is 3.05. The molecule has 3 aromatic rings. The van der Waals surface area contributed by atoms with Gasteiger partial charge in [0.15, 0.2) is 0 Å². The van der Waals surface area contributed by atoms with Crippen LogP contribution in [-0.4, -0.2) is 17.4 Å². The van der Waals surface area contributed by atoms with E-state index in [1.165, 1.54) is 11.1 Å². The van der Waals surface area contributed by atoms with Crippen molar-refractivity contribution >= 4 is 5.91 Å². The van der Waals surface area contributed by atoms with Crippen LogP contribution in [0.4, 0.5) is 0 Å². The molecule has 1 aromatic heterocycles. The highest BCUT2D eigenvalue weighted by Gasteiger charge is 2.14. The van der Waals surface area contributed by atoms with Crippen LogP contribution in [-0.2, 0) is 6.42 Å². The van der Waals surface area contributed by atoms with Crippen LogP contribution in [0.15, 0.2) is 85.2 Å². The second-order valence-corrected chi connectivity index (χ2v) is 5.74. The number of aromatic nitrogens is 1. The summed E-state index contributed by atoms with van der Waals surface area (Å²) in [6.07, 6.45) is 4.16. The fraction of sp³-hybridized carbons (Fsp3) is 0.143. The third-order valence-corrected chi connectivity index (χ3v) is 4.05. The van der Waals surface area contributed by atoms with Crippen molar-refractivity contribution in [3.8, 4) is 0 Å². The van der Waals surface area contributed by atoms with Crippen molar-refractivity contribution in [2.45, 2.75) is 12.3 Å². The zero-order valence-electron chi connectivity index (χ0n) is 13.4. The highest BCUT2D eigenvalue weighted by molar-refractivity contribution is 5.93. The van der Waals surface area contributed by atoms with Crippen LogP contribution in [0, 0.1) is 0 Å². The molecular formula is C21H20N2O. The van der Waals surface area contributed by atoms with Gasteiger partial charge in [-0.3, -0.25) is 9.78 Å². The minimum absolute atomic E-state index is 0.0635. The summed E-state index contributed by atoms with van der Waals surface area (Å²) < 4.78 is 0. The second-order valence-electron chi connectivity index (χ2n) is 5.74. The van der Waals surface area contributed by atoms with Gasteiger partial charge in [0.25, 0.3) is 5.91 Å². The molecular weight excluding hydrogens is 296 g/mol. The van der Waals surface area contributed by atoms with E-state index in [1.54, 1.807) is 24.5 Å². The van der Waals surface area contributed by atoms with Crippen LogP contribution >= 0.6 is 0 Å². The predicted molar refractivity (Wildman–Crippen MR) is 95.9 cm³/mol. The lowest BCUT2D eigenvalue weighted by Crippen LogP contribution is -2.29. The maximum absolute atomic E-state index is 12.3. The number of pyridine rings is 1. The maximum Gasteiger partial charge on any atom is 0.251 e. The molecule has 1 N–H and O–H groups in total. The number of rotatable bonds is 6. The SMILES string of the molecule is O=C(NCC(Cc1ccccc1)c1ccccc1)c1ccncc1. The smallest absolute Gasteiger partial charge is 0.251 e. The van der Waals surface area contributed by atoms with Gasteiger partial charge >= 0.3 is 0 Å². The van der Waals surface area contributed by atoms with E-state index in [2.05, 4.69) is 34.6 Å². The molecule has 0 fully saturated rings. The molecule has 1 atom stereocenters. The maximum atomic E-state index is 12.3. The Labute approximate surface area is 142 Å². The van der Waals surface area contributed by atoms with E-state index in [9.17, 15) is 4.79 Å². The van der Waals surface area contributed by atoms with E-state index in [0.29, 0.717) is 12.1 Å². The Kier molecular flexibility index (Phi) is 5.36. The number of amides is 1. The van der Waals surface area contributed by atoms with Crippen LogP contribution in [0.25, 0.3) is 0 Å². The van der Waals surface area contributed by atoms with Gasteiger partial charge in [-0.25, -0.2) is 0 Å². The van der Waals surface area contributed by atoms with Crippen LogP contribution in [0.3, 0.4) is 0 Å². The highest BCUT2D eigenvalue weighted by Crippen LogP contribution is 2.20. The fourth-order valence-corrected chi connectivity index (χ4v) is 2.75. The number of benzene rings is 2. The Hall–Kier alpha value is -2.94. The van der Waals surface area contributed by atoms with Gasteiger partial charge in [0.1, 0.15) is 0 Å². The van der Waals surface area contributed by atoms with Crippen molar-refractivity contribution in [3.05, 3.63) is 102 Å². The Bertz CT molecular complexity index is 758. The van der Waals surface area contributed by atoms with E-state index in [0.717, 1.165) is 6.42 Å². The van der Waals surface area contributed by atoms with Crippen molar-refractivity contribution in [1.82, 2.24) is 10.3 Å². The average Bonchev–Trinajstić information content (AvgIpc) is 2.67. The quantitative estimate of drug-likeness (QED) is 0.751. The summed E-state index contributed by atoms with van der Waals surface area (Å²) in [6, 6.07) is 24.1. The topological polar surface area (TPSA) is 42.0 Å². The van der Waals surface area contributed by atoms with Crippen molar-refractivity contribution in [1.29, 1.82) is 0 Å². The zero-order chi connectivity index (χ0) is 16.6. The summed E-state index contributed by atoms with van der Waals surface area (Å²) in [7, 11) is 0. The lowest BCUT2D eigenvalue weighted by Gasteiger charge is -2.18. The van der Waals surface area contributed by atoms with E-state index in [4.69, 9.17) is 0 Å². The number of nitrogens with one attached hydrogen (secondary N) is 1. The zero-order valence-corrected chi connectivity index (χ0v) is 13.4. The third kappa shape index (κ3) is 4.29. The number of hydrogen-bond donors (Lipinski definition) is 1. The van der Waals surface area contributed by atoms with Crippen LogP contribution in [0.1, 0.15) is 27.4 Å². The monoisotopic (exact) mass is 316 g/mol. The lowest BCUT2D eigenvalue weighted by molar-refractivity contribution is 0.0951. The van der Waals surface area contributed by atoms with Crippen molar-refractivity contribution < 1.29 is 4.79 Å². The molecule has 3 nitrogen and oxygen atoms in total. The Balaban J connectivity index is 1.72. The molecule has 2 aromatic carbocycles. The van der Waals surface area contributed by atoms with Crippen LogP contribution in [0.2, 0.25) is 0 Å². The largest absolute Gasteiger partial charge is 0.351 e. The van der Waals surface area contributed by atoms with E-state index < -0.39 is 0 Å². The number of carbonyl (C=O) groups is 1. The molecule has 0 aliphatic heterocycles. The first-order valence-corrected chi connectivity index (χ1v) is 8.10. The number of carbonyl (C=O) groups excluding carboxylic acids is 1. The van der Waals surface area contributed by atoms with Gasteiger partial charge in [0.05, 0.1) is 0 Å². The molecule has 3 heteroatoms. The van der Waals surface area contributed by atoms with Gasteiger partial charge in [0, 0.05) is 30.4 Å². The van der Waals surface area contributed by atoms with Gasteiger partial charge in [0.2, 0.25) is 0 Å². The molecule has 0 bridgehead atoms. The number of nitrogens with zero attached hydrogens (tertiary/aromatic N) is 1. The van der Waals surface area contributed by atoms with Crippen LogP contribution < -0.4 is 5.32 Å². The van der Waals surface area contributed by atoms with Crippen molar-refractivity contribution in [3.63, 3.8) is 0 Å². The minimum Gasteiger partial charge on any atom is -0.351 e. The van der Waals surface area contributed by atoms with Gasteiger partial charge in [-0.05, 0) is 29.7 Å². The van der Waals surface area contributed by atoms with Gasteiger partial charge < -0.3 is 5.32 Å². The van der Waals surface area contributed by atoms with E-state index in [1.807, 2.05) is 36.4 Å². The van der Waals surface area contributed by atoms with Crippen LogP contribution in [0.5, 0.6) is 0 Å². The van der Waals surface area contributed by atoms with Crippen molar-refractivity contribution in [2.24, 2.45) is 0 Å². The molecule has 0 aliphatic rings. The predicted octanol–water partition coefficient (Wildman–Crippen LogP) is 3.84. The molecule has 3 rings (SSSR count). The highest BCUT2D eigenvalue weighted by atomic mass is 16.1. The molecule has 0 saturated heterocycles. The molecule has 120 valence electrons. The first kappa shape index (κ1) is 15.9. The summed E-state index contributed by atoms with van der Waals surface area (Å²) in [4.78, 5) is 16.2. The minimum atomic E-state index is -0.0635. The van der Waals surface area contributed by atoms with E-state index >= 15 is 0 Å².